The highest BCUT2D eigenvalue weighted by Crippen LogP contribution is 2.27. The zero-order valence-corrected chi connectivity index (χ0v) is 15.2. The van der Waals surface area contributed by atoms with Crippen LogP contribution in [0.2, 0.25) is 0 Å². The summed E-state index contributed by atoms with van der Waals surface area (Å²) >= 11 is 0. The van der Waals surface area contributed by atoms with Crippen molar-refractivity contribution in [2.45, 2.75) is 83.5 Å². The molecule has 23 heavy (non-hydrogen) atoms. The van der Waals surface area contributed by atoms with Crippen LogP contribution in [0.3, 0.4) is 0 Å². The highest BCUT2D eigenvalue weighted by molar-refractivity contribution is 5.67. The SMILES string of the molecule is CC(C)(C)OC(=O)NCC1CCCCC1NCC1(C)CCCO1. The summed E-state index contributed by atoms with van der Waals surface area (Å²) in [5.74, 6) is 0.473. The molecule has 2 aliphatic rings. The second kappa shape index (κ2) is 7.84. The third-order valence-electron chi connectivity index (χ3n) is 4.86. The molecule has 1 saturated heterocycles. The number of carbonyl (C=O) groups is 1. The summed E-state index contributed by atoms with van der Waals surface area (Å²) in [6.45, 7) is 10.3. The zero-order chi connectivity index (χ0) is 16.9. The van der Waals surface area contributed by atoms with E-state index in [4.69, 9.17) is 9.47 Å². The van der Waals surface area contributed by atoms with Crippen molar-refractivity contribution in [1.29, 1.82) is 0 Å². The lowest BCUT2D eigenvalue weighted by Crippen LogP contribution is -2.49. The van der Waals surface area contributed by atoms with E-state index in [-0.39, 0.29) is 11.7 Å². The van der Waals surface area contributed by atoms with Gasteiger partial charge in [-0.15, -0.1) is 0 Å². The fraction of sp³-hybridized carbons (Fsp3) is 0.944. The Morgan fingerprint density at radius 2 is 2.00 bits per heavy atom. The number of alkyl carbamates (subject to hydrolysis) is 1. The third kappa shape index (κ3) is 6.30. The molecule has 3 atom stereocenters. The summed E-state index contributed by atoms with van der Waals surface area (Å²) < 4.78 is 11.2. The molecule has 1 amide bonds. The Hall–Kier alpha value is -0.810. The molecule has 0 aromatic rings. The molecule has 5 heteroatoms. The largest absolute Gasteiger partial charge is 0.444 e. The maximum atomic E-state index is 11.9. The van der Waals surface area contributed by atoms with Gasteiger partial charge in [0.05, 0.1) is 5.60 Å². The predicted octanol–water partition coefficient (Wildman–Crippen LogP) is 3.23. The first-order chi connectivity index (χ1) is 10.8. The third-order valence-corrected chi connectivity index (χ3v) is 4.86. The fourth-order valence-corrected chi connectivity index (χ4v) is 3.57. The van der Waals surface area contributed by atoms with Crippen molar-refractivity contribution in [3.05, 3.63) is 0 Å². The Morgan fingerprint density at radius 1 is 1.26 bits per heavy atom. The van der Waals surface area contributed by atoms with Gasteiger partial charge in [-0.05, 0) is 59.3 Å². The van der Waals surface area contributed by atoms with Gasteiger partial charge in [-0.25, -0.2) is 4.79 Å². The number of hydrogen-bond acceptors (Lipinski definition) is 4. The molecule has 0 aromatic heterocycles. The number of carbonyl (C=O) groups excluding carboxylic acids is 1. The smallest absolute Gasteiger partial charge is 0.407 e. The van der Waals surface area contributed by atoms with Gasteiger partial charge >= 0.3 is 6.09 Å². The Kier molecular flexibility index (Phi) is 6.32. The normalized spacial score (nSPS) is 31.8. The minimum Gasteiger partial charge on any atom is -0.444 e. The van der Waals surface area contributed by atoms with Gasteiger partial charge in [-0.2, -0.15) is 0 Å². The van der Waals surface area contributed by atoms with Crippen LogP contribution in [0, 0.1) is 5.92 Å². The van der Waals surface area contributed by atoms with Crippen LogP contribution in [0.5, 0.6) is 0 Å². The van der Waals surface area contributed by atoms with Crippen LogP contribution in [0.15, 0.2) is 0 Å². The molecule has 2 N–H and O–H groups in total. The van der Waals surface area contributed by atoms with E-state index >= 15 is 0 Å². The zero-order valence-electron chi connectivity index (χ0n) is 15.2. The fourth-order valence-electron chi connectivity index (χ4n) is 3.57. The van der Waals surface area contributed by atoms with Crippen molar-refractivity contribution in [2.75, 3.05) is 19.7 Å². The second-order valence-corrected chi connectivity index (χ2v) is 8.32. The average molecular weight is 326 g/mol. The molecule has 0 aromatic carbocycles. The van der Waals surface area contributed by atoms with Gasteiger partial charge in [0.25, 0.3) is 0 Å². The van der Waals surface area contributed by atoms with Gasteiger partial charge in [0.1, 0.15) is 5.60 Å². The van der Waals surface area contributed by atoms with Crippen LogP contribution in [0.4, 0.5) is 4.79 Å². The number of ether oxygens (including phenoxy) is 2. The molecule has 5 nitrogen and oxygen atoms in total. The molecular formula is C18H34N2O3. The highest BCUT2D eigenvalue weighted by Gasteiger charge is 2.32. The van der Waals surface area contributed by atoms with Crippen LogP contribution < -0.4 is 10.6 Å². The average Bonchev–Trinajstić information content (AvgIpc) is 2.89. The number of nitrogens with one attached hydrogen (secondary N) is 2. The molecule has 1 aliphatic carbocycles. The van der Waals surface area contributed by atoms with E-state index in [9.17, 15) is 4.79 Å². The maximum Gasteiger partial charge on any atom is 0.407 e. The van der Waals surface area contributed by atoms with Gasteiger partial charge in [0.15, 0.2) is 0 Å². The van der Waals surface area contributed by atoms with Gasteiger partial charge in [0, 0.05) is 25.7 Å². The standard InChI is InChI=1S/C18H34N2O3/c1-17(2,3)23-16(21)19-12-14-8-5-6-9-15(14)20-13-18(4)10-7-11-22-18/h14-15,20H,5-13H2,1-4H3,(H,19,21). The van der Waals surface area contributed by atoms with E-state index in [1.165, 1.54) is 19.3 Å². The van der Waals surface area contributed by atoms with Crippen LogP contribution in [-0.4, -0.2) is 43.0 Å². The van der Waals surface area contributed by atoms with Gasteiger partial charge in [0.2, 0.25) is 0 Å². The summed E-state index contributed by atoms with van der Waals surface area (Å²) in [5.41, 5.74) is -0.455. The molecule has 0 bridgehead atoms. The highest BCUT2D eigenvalue weighted by atomic mass is 16.6. The molecule has 134 valence electrons. The molecule has 2 fully saturated rings. The monoisotopic (exact) mass is 326 g/mol. The van der Waals surface area contributed by atoms with Gasteiger partial charge in [-0.3, -0.25) is 0 Å². The summed E-state index contributed by atoms with van der Waals surface area (Å²) in [4.78, 5) is 11.9. The van der Waals surface area contributed by atoms with Crippen LogP contribution in [-0.2, 0) is 9.47 Å². The Morgan fingerprint density at radius 3 is 2.65 bits per heavy atom. The van der Waals surface area contributed by atoms with Crippen LogP contribution >= 0.6 is 0 Å². The van der Waals surface area contributed by atoms with E-state index < -0.39 is 5.60 Å². The predicted molar refractivity (Wildman–Crippen MR) is 91.6 cm³/mol. The summed E-state index contributed by atoms with van der Waals surface area (Å²) in [5, 5.41) is 6.65. The molecule has 0 spiro atoms. The number of rotatable bonds is 5. The van der Waals surface area contributed by atoms with E-state index in [1.54, 1.807) is 0 Å². The Bertz CT molecular complexity index is 386. The van der Waals surface area contributed by atoms with Crippen molar-refractivity contribution in [2.24, 2.45) is 5.92 Å². The molecule has 3 unspecified atom stereocenters. The Balaban J connectivity index is 1.77. The van der Waals surface area contributed by atoms with Crippen LogP contribution in [0.1, 0.15) is 66.2 Å². The maximum absolute atomic E-state index is 11.9. The summed E-state index contributed by atoms with van der Waals surface area (Å²) in [6.07, 6.45) is 6.82. The quantitative estimate of drug-likeness (QED) is 0.814. The summed E-state index contributed by atoms with van der Waals surface area (Å²) in [7, 11) is 0. The molecule has 2 rings (SSSR count). The van der Waals surface area contributed by atoms with Crippen LogP contribution in [0.25, 0.3) is 0 Å². The lowest BCUT2D eigenvalue weighted by molar-refractivity contribution is 0.0154. The van der Waals surface area contributed by atoms with Crippen molar-refractivity contribution >= 4 is 6.09 Å². The van der Waals surface area contributed by atoms with Crippen molar-refractivity contribution < 1.29 is 14.3 Å². The lowest BCUT2D eigenvalue weighted by Gasteiger charge is -2.35. The first-order valence-corrected chi connectivity index (χ1v) is 9.12. The van der Waals surface area contributed by atoms with Crippen molar-refractivity contribution in [3.63, 3.8) is 0 Å². The van der Waals surface area contributed by atoms with E-state index in [0.29, 0.717) is 18.5 Å². The van der Waals surface area contributed by atoms with Crippen molar-refractivity contribution in [1.82, 2.24) is 10.6 Å². The lowest BCUT2D eigenvalue weighted by atomic mass is 9.84. The molecule has 0 radical (unpaired) electrons. The topological polar surface area (TPSA) is 59.6 Å². The van der Waals surface area contributed by atoms with E-state index in [2.05, 4.69) is 17.6 Å². The van der Waals surface area contributed by atoms with Crippen molar-refractivity contribution in [3.8, 4) is 0 Å². The molecule has 1 saturated carbocycles. The van der Waals surface area contributed by atoms with Gasteiger partial charge in [-0.1, -0.05) is 12.8 Å². The first kappa shape index (κ1) is 18.5. The number of hydrogen-bond donors (Lipinski definition) is 2. The van der Waals surface area contributed by atoms with Gasteiger partial charge < -0.3 is 20.1 Å². The molecule has 1 heterocycles. The first-order valence-electron chi connectivity index (χ1n) is 9.12. The number of amides is 1. The molecule has 1 aliphatic heterocycles. The minimum atomic E-state index is -0.442. The molecular weight excluding hydrogens is 292 g/mol. The van der Waals surface area contributed by atoms with E-state index in [1.807, 2.05) is 20.8 Å². The Labute approximate surface area is 140 Å². The second-order valence-electron chi connectivity index (χ2n) is 8.32. The minimum absolute atomic E-state index is 0.0133. The van der Waals surface area contributed by atoms with E-state index in [0.717, 1.165) is 32.4 Å². The summed E-state index contributed by atoms with van der Waals surface area (Å²) in [6, 6.07) is 0.458.